The second-order valence-electron chi connectivity index (χ2n) is 6.37. The first-order valence-corrected chi connectivity index (χ1v) is 9.35. The Balaban J connectivity index is 1.71. The Morgan fingerprint density at radius 2 is 1.85 bits per heavy atom. The molecule has 5 nitrogen and oxygen atoms in total. The van der Waals surface area contributed by atoms with E-state index < -0.39 is 0 Å². The molecule has 1 aliphatic heterocycles. The summed E-state index contributed by atoms with van der Waals surface area (Å²) in [6, 6.07) is 11.8. The molecule has 0 saturated carbocycles. The van der Waals surface area contributed by atoms with Crippen molar-refractivity contribution in [1.82, 2.24) is 10.2 Å². The maximum Gasteiger partial charge on any atom is 0.318 e. The van der Waals surface area contributed by atoms with E-state index in [9.17, 15) is 4.79 Å². The van der Waals surface area contributed by atoms with Crippen LogP contribution in [0.5, 0.6) is 11.5 Å². The summed E-state index contributed by atoms with van der Waals surface area (Å²) in [6.45, 7) is 3.23. The fourth-order valence-corrected chi connectivity index (χ4v) is 3.61. The van der Waals surface area contributed by atoms with E-state index in [1.807, 2.05) is 48.2 Å². The maximum absolute atomic E-state index is 12.7. The normalized spacial score (nSPS) is 14.4. The predicted octanol–water partition coefficient (Wildman–Crippen LogP) is 4.30. The summed E-state index contributed by atoms with van der Waals surface area (Å²) in [4.78, 5) is 14.5. The van der Waals surface area contributed by atoms with E-state index in [2.05, 4.69) is 21.2 Å². The molecule has 6 heteroatoms. The van der Waals surface area contributed by atoms with E-state index in [4.69, 9.17) is 9.47 Å². The molecule has 1 aliphatic rings. The van der Waals surface area contributed by atoms with Gasteiger partial charge in [0.25, 0.3) is 0 Å². The van der Waals surface area contributed by atoms with Gasteiger partial charge in [-0.3, -0.25) is 0 Å². The van der Waals surface area contributed by atoms with Gasteiger partial charge in [0.1, 0.15) is 0 Å². The molecular formula is C20H23BrN2O3. The number of fused-ring (bicyclic) bond motifs is 1. The average Bonchev–Trinajstić information content (AvgIpc) is 2.66. The summed E-state index contributed by atoms with van der Waals surface area (Å²) >= 11 is 3.47. The van der Waals surface area contributed by atoms with Crippen molar-refractivity contribution in [3.8, 4) is 11.5 Å². The number of ether oxygens (including phenoxy) is 2. The highest BCUT2D eigenvalue weighted by Gasteiger charge is 2.24. The van der Waals surface area contributed by atoms with Crippen LogP contribution >= 0.6 is 15.9 Å². The Kier molecular flexibility index (Phi) is 5.71. The topological polar surface area (TPSA) is 50.8 Å². The zero-order chi connectivity index (χ0) is 18.7. The minimum Gasteiger partial charge on any atom is -0.493 e. The molecule has 0 bridgehead atoms. The van der Waals surface area contributed by atoms with Gasteiger partial charge in [0, 0.05) is 17.6 Å². The molecule has 2 amide bonds. The number of hydrogen-bond donors (Lipinski definition) is 1. The second-order valence-corrected chi connectivity index (χ2v) is 7.29. The van der Waals surface area contributed by atoms with Gasteiger partial charge >= 0.3 is 6.03 Å². The first-order chi connectivity index (χ1) is 12.5. The molecule has 0 radical (unpaired) electrons. The number of halogens is 1. The number of hydrogen-bond acceptors (Lipinski definition) is 3. The molecule has 3 rings (SSSR count). The third-order valence-corrected chi connectivity index (χ3v) is 5.19. The summed E-state index contributed by atoms with van der Waals surface area (Å²) in [5, 5.41) is 3.09. The van der Waals surface area contributed by atoms with E-state index >= 15 is 0 Å². The van der Waals surface area contributed by atoms with E-state index in [-0.39, 0.29) is 12.1 Å². The summed E-state index contributed by atoms with van der Waals surface area (Å²) in [5.74, 6) is 1.42. The molecule has 2 aromatic rings. The van der Waals surface area contributed by atoms with Gasteiger partial charge in [0.15, 0.2) is 11.5 Å². The highest BCUT2D eigenvalue weighted by Crippen LogP contribution is 2.33. The zero-order valence-electron chi connectivity index (χ0n) is 15.2. The van der Waals surface area contributed by atoms with Crippen molar-refractivity contribution in [2.24, 2.45) is 0 Å². The van der Waals surface area contributed by atoms with Crippen LogP contribution in [0, 0.1) is 0 Å². The van der Waals surface area contributed by atoms with Gasteiger partial charge in [0.2, 0.25) is 0 Å². The van der Waals surface area contributed by atoms with Crippen molar-refractivity contribution in [2.45, 2.75) is 25.9 Å². The lowest BCUT2D eigenvalue weighted by atomic mass is 9.99. The Morgan fingerprint density at radius 1 is 1.15 bits per heavy atom. The maximum atomic E-state index is 12.7. The molecule has 0 aromatic heterocycles. The molecule has 1 unspecified atom stereocenters. The number of methoxy groups -OCH3 is 2. The number of nitrogens with zero attached hydrogens (tertiary/aromatic N) is 1. The van der Waals surface area contributed by atoms with Gasteiger partial charge < -0.3 is 19.7 Å². The lowest BCUT2D eigenvalue weighted by Crippen LogP contribution is -2.43. The largest absolute Gasteiger partial charge is 0.493 e. The molecule has 0 fully saturated rings. The minimum atomic E-state index is -0.0631. The molecule has 0 spiro atoms. The van der Waals surface area contributed by atoms with Gasteiger partial charge in [-0.25, -0.2) is 4.79 Å². The quantitative estimate of drug-likeness (QED) is 0.804. The number of nitrogens with one attached hydrogen (secondary N) is 1. The summed E-state index contributed by atoms with van der Waals surface area (Å²) < 4.78 is 11.8. The number of carbonyl (C=O) groups is 1. The van der Waals surface area contributed by atoms with E-state index in [0.717, 1.165) is 27.8 Å². The van der Waals surface area contributed by atoms with Crippen LogP contribution in [0.4, 0.5) is 4.79 Å². The van der Waals surface area contributed by atoms with E-state index in [0.29, 0.717) is 18.8 Å². The van der Waals surface area contributed by atoms with Crippen LogP contribution in [-0.2, 0) is 13.0 Å². The molecule has 1 heterocycles. The number of rotatable bonds is 4. The van der Waals surface area contributed by atoms with Crippen molar-refractivity contribution in [2.75, 3.05) is 20.8 Å². The van der Waals surface area contributed by atoms with Gasteiger partial charge in [-0.2, -0.15) is 0 Å². The summed E-state index contributed by atoms with van der Waals surface area (Å²) in [5.41, 5.74) is 3.36. The molecule has 138 valence electrons. The van der Waals surface area contributed by atoms with Crippen LogP contribution in [0.1, 0.15) is 29.7 Å². The monoisotopic (exact) mass is 418 g/mol. The van der Waals surface area contributed by atoms with Crippen molar-refractivity contribution in [3.05, 3.63) is 57.6 Å². The molecule has 26 heavy (non-hydrogen) atoms. The number of urea groups is 1. The lowest BCUT2D eigenvalue weighted by Gasteiger charge is -2.31. The molecular weight excluding hydrogens is 396 g/mol. The highest BCUT2D eigenvalue weighted by molar-refractivity contribution is 9.10. The molecule has 1 N–H and O–H groups in total. The fourth-order valence-electron chi connectivity index (χ4n) is 3.19. The molecule has 0 aliphatic carbocycles. The SMILES string of the molecule is COc1cc2c(cc1OC)CN(C(=O)NC(C)c1cccc(Br)c1)CC2. The van der Waals surface area contributed by atoms with Crippen LogP contribution in [-0.4, -0.2) is 31.7 Å². The van der Waals surface area contributed by atoms with Crippen molar-refractivity contribution in [1.29, 1.82) is 0 Å². The second kappa shape index (κ2) is 7.99. The fraction of sp³-hybridized carbons (Fsp3) is 0.350. The smallest absolute Gasteiger partial charge is 0.318 e. The average molecular weight is 419 g/mol. The van der Waals surface area contributed by atoms with Crippen LogP contribution in [0.3, 0.4) is 0 Å². The third-order valence-electron chi connectivity index (χ3n) is 4.69. The number of benzene rings is 2. The Morgan fingerprint density at radius 3 is 2.50 bits per heavy atom. The first kappa shape index (κ1) is 18.6. The van der Waals surface area contributed by atoms with Crippen LogP contribution in [0.2, 0.25) is 0 Å². The molecule has 2 aromatic carbocycles. The van der Waals surface area contributed by atoms with Crippen LogP contribution in [0.25, 0.3) is 0 Å². The molecule has 1 atom stereocenters. The zero-order valence-corrected chi connectivity index (χ0v) is 16.8. The van der Waals surface area contributed by atoms with Gasteiger partial charge in [-0.1, -0.05) is 28.1 Å². The van der Waals surface area contributed by atoms with Gasteiger partial charge in [0.05, 0.1) is 20.3 Å². The Bertz CT molecular complexity index is 810. The Labute approximate surface area is 162 Å². The standard InChI is InChI=1S/C20H23BrN2O3/c1-13(14-5-4-6-17(21)9-14)22-20(24)23-8-7-15-10-18(25-2)19(26-3)11-16(15)12-23/h4-6,9-11,13H,7-8,12H2,1-3H3,(H,22,24). The predicted molar refractivity (Wildman–Crippen MR) is 105 cm³/mol. The first-order valence-electron chi connectivity index (χ1n) is 8.56. The van der Waals surface area contributed by atoms with Crippen molar-refractivity contribution in [3.63, 3.8) is 0 Å². The van der Waals surface area contributed by atoms with Gasteiger partial charge in [-0.05, 0) is 54.3 Å². The molecule has 0 saturated heterocycles. The third kappa shape index (κ3) is 3.96. The van der Waals surface area contributed by atoms with E-state index in [1.54, 1.807) is 14.2 Å². The van der Waals surface area contributed by atoms with Gasteiger partial charge in [-0.15, -0.1) is 0 Å². The van der Waals surface area contributed by atoms with Crippen LogP contribution < -0.4 is 14.8 Å². The summed E-state index contributed by atoms with van der Waals surface area (Å²) in [7, 11) is 3.26. The minimum absolute atomic E-state index is 0.0575. The lowest BCUT2D eigenvalue weighted by molar-refractivity contribution is 0.189. The number of amides is 2. The highest BCUT2D eigenvalue weighted by atomic mass is 79.9. The van der Waals surface area contributed by atoms with Crippen LogP contribution in [0.15, 0.2) is 40.9 Å². The van der Waals surface area contributed by atoms with Crippen molar-refractivity contribution < 1.29 is 14.3 Å². The Hall–Kier alpha value is -2.21. The number of carbonyl (C=O) groups excluding carboxylic acids is 1. The summed E-state index contributed by atoms with van der Waals surface area (Å²) in [6.07, 6.45) is 0.800. The van der Waals surface area contributed by atoms with Crippen molar-refractivity contribution >= 4 is 22.0 Å². The van der Waals surface area contributed by atoms with E-state index in [1.165, 1.54) is 5.56 Å².